The summed E-state index contributed by atoms with van der Waals surface area (Å²) in [6.45, 7) is 0.934. The number of aliphatic imine (C=N–C) groups is 1. The highest BCUT2D eigenvalue weighted by atomic mass is 32.1. The van der Waals surface area contributed by atoms with Crippen LogP contribution in [-0.2, 0) is 0 Å². The van der Waals surface area contributed by atoms with Crippen LogP contribution < -0.4 is 4.90 Å². The van der Waals surface area contributed by atoms with Gasteiger partial charge in [-0.15, -0.1) is 11.3 Å². The number of fused-ring (bicyclic) bond motifs is 1. The van der Waals surface area contributed by atoms with Gasteiger partial charge in [-0.1, -0.05) is 0 Å². The Kier molecular flexibility index (Phi) is 1.24. The van der Waals surface area contributed by atoms with Gasteiger partial charge < -0.3 is 4.90 Å². The van der Waals surface area contributed by atoms with Crippen molar-refractivity contribution >= 4 is 28.2 Å². The Balaban J connectivity index is 2.52. The van der Waals surface area contributed by atoms with Crippen LogP contribution in [0.4, 0.5) is 10.7 Å². The van der Waals surface area contributed by atoms with Gasteiger partial charge in [-0.25, -0.2) is 4.99 Å². The molecule has 10 heavy (non-hydrogen) atoms. The van der Waals surface area contributed by atoms with E-state index in [0.29, 0.717) is 0 Å². The molecular weight excluding hydrogens is 144 g/mol. The minimum absolute atomic E-state index is 0.934. The normalized spacial score (nSPS) is 15.5. The summed E-state index contributed by atoms with van der Waals surface area (Å²) in [5.74, 6) is 0. The SMILES string of the molecule is CN1CC=Nc2sccc21. The van der Waals surface area contributed by atoms with E-state index in [9.17, 15) is 0 Å². The van der Waals surface area contributed by atoms with Crippen molar-refractivity contribution in [3.63, 3.8) is 0 Å². The Morgan fingerprint density at radius 3 is 3.40 bits per heavy atom. The molecular formula is C7H8N2S. The van der Waals surface area contributed by atoms with E-state index in [4.69, 9.17) is 0 Å². The first-order valence-electron chi connectivity index (χ1n) is 3.19. The van der Waals surface area contributed by atoms with Crippen molar-refractivity contribution in [3.8, 4) is 0 Å². The van der Waals surface area contributed by atoms with Crippen molar-refractivity contribution in [1.82, 2.24) is 0 Å². The number of rotatable bonds is 0. The van der Waals surface area contributed by atoms with E-state index in [-0.39, 0.29) is 0 Å². The fourth-order valence-corrected chi connectivity index (χ4v) is 1.83. The highest BCUT2D eigenvalue weighted by molar-refractivity contribution is 7.14. The molecule has 1 aromatic heterocycles. The van der Waals surface area contributed by atoms with Gasteiger partial charge in [-0.05, 0) is 11.4 Å². The lowest BCUT2D eigenvalue weighted by Crippen LogP contribution is -2.20. The molecule has 2 rings (SSSR count). The molecule has 3 heteroatoms. The Morgan fingerprint density at radius 1 is 1.70 bits per heavy atom. The Labute approximate surface area is 63.8 Å². The van der Waals surface area contributed by atoms with Crippen LogP contribution in [0.15, 0.2) is 16.4 Å². The van der Waals surface area contributed by atoms with E-state index in [0.717, 1.165) is 11.5 Å². The molecule has 0 aliphatic carbocycles. The fourth-order valence-electron chi connectivity index (χ4n) is 1.03. The summed E-state index contributed by atoms with van der Waals surface area (Å²) in [5.41, 5.74) is 1.26. The molecule has 2 heterocycles. The van der Waals surface area contributed by atoms with Gasteiger partial charge in [0.15, 0.2) is 0 Å². The van der Waals surface area contributed by atoms with Crippen LogP contribution in [0.3, 0.4) is 0 Å². The molecule has 0 radical (unpaired) electrons. The third-order valence-corrected chi connectivity index (χ3v) is 2.41. The van der Waals surface area contributed by atoms with E-state index < -0.39 is 0 Å². The maximum Gasteiger partial charge on any atom is 0.139 e. The molecule has 0 bridgehead atoms. The Morgan fingerprint density at radius 2 is 2.60 bits per heavy atom. The first-order chi connectivity index (χ1) is 4.88. The number of anilines is 1. The Bertz CT molecular complexity index is 264. The van der Waals surface area contributed by atoms with Gasteiger partial charge in [0.25, 0.3) is 0 Å². The number of nitrogens with zero attached hydrogens (tertiary/aromatic N) is 2. The second kappa shape index (κ2) is 2.09. The third kappa shape index (κ3) is 0.743. The molecule has 1 aromatic rings. The van der Waals surface area contributed by atoms with Gasteiger partial charge in [-0.3, -0.25) is 0 Å². The van der Waals surface area contributed by atoms with Gasteiger partial charge in [0.2, 0.25) is 0 Å². The summed E-state index contributed by atoms with van der Waals surface area (Å²) < 4.78 is 0. The fraction of sp³-hybridized carbons (Fsp3) is 0.286. The zero-order valence-corrected chi connectivity index (χ0v) is 6.56. The van der Waals surface area contributed by atoms with Crippen molar-refractivity contribution < 1.29 is 0 Å². The largest absolute Gasteiger partial charge is 0.367 e. The van der Waals surface area contributed by atoms with Crippen LogP contribution in [0.2, 0.25) is 0 Å². The highest BCUT2D eigenvalue weighted by Crippen LogP contribution is 2.35. The summed E-state index contributed by atoms with van der Waals surface area (Å²) in [5, 5.41) is 3.21. The van der Waals surface area contributed by atoms with Crippen molar-refractivity contribution in [2.75, 3.05) is 18.5 Å². The minimum atomic E-state index is 0.934. The average Bonchev–Trinajstić information content (AvgIpc) is 2.36. The lowest BCUT2D eigenvalue weighted by Gasteiger charge is -2.18. The molecule has 0 spiro atoms. The molecule has 0 fully saturated rings. The van der Waals surface area contributed by atoms with Crippen LogP contribution in [0.5, 0.6) is 0 Å². The third-order valence-electron chi connectivity index (χ3n) is 1.60. The molecule has 1 aliphatic heterocycles. The van der Waals surface area contributed by atoms with Crippen molar-refractivity contribution in [1.29, 1.82) is 0 Å². The monoisotopic (exact) mass is 152 g/mol. The average molecular weight is 152 g/mol. The van der Waals surface area contributed by atoms with Crippen LogP contribution in [0.1, 0.15) is 0 Å². The molecule has 1 aliphatic rings. The maximum atomic E-state index is 4.26. The molecule has 0 atom stereocenters. The zero-order valence-electron chi connectivity index (χ0n) is 5.74. The topological polar surface area (TPSA) is 15.6 Å². The van der Waals surface area contributed by atoms with Gasteiger partial charge >= 0.3 is 0 Å². The van der Waals surface area contributed by atoms with E-state index in [1.165, 1.54) is 5.69 Å². The zero-order chi connectivity index (χ0) is 6.97. The summed E-state index contributed by atoms with van der Waals surface area (Å²) >= 11 is 1.69. The first kappa shape index (κ1) is 5.92. The summed E-state index contributed by atoms with van der Waals surface area (Å²) in [4.78, 5) is 6.45. The number of hydrogen-bond donors (Lipinski definition) is 0. The second-order valence-corrected chi connectivity index (χ2v) is 3.20. The molecule has 0 saturated carbocycles. The molecule has 0 unspecified atom stereocenters. The second-order valence-electron chi connectivity index (χ2n) is 2.30. The van der Waals surface area contributed by atoms with Crippen LogP contribution in [-0.4, -0.2) is 19.8 Å². The molecule has 0 saturated heterocycles. The van der Waals surface area contributed by atoms with Gasteiger partial charge in [-0.2, -0.15) is 0 Å². The standard InChI is InChI=1S/C7H8N2S/c1-9-4-3-8-7-6(9)2-5-10-7/h2-3,5H,4H2,1H3. The highest BCUT2D eigenvalue weighted by Gasteiger charge is 2.09. The smallest absolute Gasteiger partial charge is 0.139 e. The van der Waals surface area contributed by atoms with Crippen molar-refractivity contribution in [3.05, 3.63) is 11.4 Å². The van der Waals surface area contributed by atoms with Crippen molar-refractivity contribution in [2.24, 2.45) is 4.99 Å². The lowest BCUT2D eigenvalue weighted by molar-refractivity contribution is 1.06. The quantitative estimate of drug-likeness (QED) is 0.554. The molecule has 0 aromatic carbocycles. The van der Waals surface area contributed by atoms with Crippen LogP contribution in [0, 0.1) is 0 Å². The van der Waals surface area contributed by atoms with Crippen LogP contribution >= 0.6 is 11.3 Å². The summed E-state index contributed by atoms with van der Waals surface area (Å²) in [7, 11) is 2.08. The molecule has 52 valence electrons. The molecule has 0 N–H and O–H groups in total. The van der Waals surface area contributed by atoms with Crippen LogP contribution in [0.25, 0.3) is 0 Å². The Hall–Kier alpha value is -0.830. The number of hydrogen-bond acceptors (Lipinski definition) is 3. The first-order valence-corrected chi connectivity index (χ1v) is 4.07. The summed E-state index contributed by atoms with van der Waals surface area (Å²) in [6, 6.07) is 2.11. The van der Waals surface area contributed by atoms with E-state index in [1.807, 2.05) is 6.21 Å². The van der Waals surface area contributed by atoms with Crippen molar-refractivity contribution in [2.45, 2.75) is 0 Å². The number of thiophene rings is 1. The van der Waals surface area contributed by atoms with Gasteiger partial charge in [0.1, 0.15) is 5.00 Å². The van der Waals surface area contributed by atoms with E-state index >= 15 is 0 Å². The maximum absolute atomic E-state index is 4.26. The van der Waals surface area contributed by atoms with Gasteiger partial charge in [0, 0.05) is 13.3 Å². The molecule has 2 nitrogen and oxygen atoms in total. The van der Waals surface area contributed by atoms with E-state index in [2.05, 4.69) is 28.4 Å². The predicted molar refractivity (Wildman–Crippen MR) is 45.7 cm³/mol. The minimum Gasteiger partial charge on any atom is -0.367 e. The van der Waals surface area contributed by atoms with Gasteiger partial charge in [0.05, 0.1) is 12.2 Å². The predicted octanol–water partition coefficient (Wildman–Crippen LogP) is 1.90. The van der Waals surface area contributed by atoms with E-state index in [1.54, 1.807) is 11.3 Å². The summed E-state index contributed by atoms with van der Waals surface area (Å²) in [6.07, 6.45) is 1.94. The molecule has 0 amide bonds. The lowest BCUT2D eigenvalue weighted by atomic mass is 10.4.